The number of carbonyl (C=O) groups excluding carboxylic acids is 1. The van der Waals surface area contributed by atoms with Crippen LogP contribution in [0.15, 0.2) is 18.2 Å². The van der Waals surface area contributed by atoms with E-state index in [1.54, 1.807) is 6.92 Å². The van der Waals surface area contributed by atoms with Crippen LogP contribution in [0.4, 0.5) is 0 Å². The normalized spacial score (nSPS) is 15.8. The van der Waals surface area contributed by atoms with Gasteiger partial charge in [-0.25, -0.2) is 0 Å². The van der Waals surface area contributed by atoms with Crippen molar-refractivity contribution in [1.29, 1.82) is 0 Å². The summed E-state index contributed by atoms with van der Waals surface area (Å²) in [6.45, 7) is 1.58. The standard InChI is InChI=1S/C12H12N2O/c1-7(15)9-3-2-4-10-11(8-5-6-8)13-14-12(9)10/h2-4,8H,5-6H2,1H3,(H,13,14). The number of rotatable bonds is 2. The Morgan fingerprint density at radius 2 is 2.27 bits per heavy atom. The monoisotopic (exact) mass is 200 g/mol. The van der Waals surface area contributed by atoms with E-state index in [1.807, 2.05) is 18.2 Å². The molecule has 0 bridgehead atoms. The summed E-state index contributed by atoms with van der Waals surface area (Å²) in [6.07, 6.45) is 2.48. The number of aromatic amines is 1. The molecule has 1 heterocycles. The molecule has 1 fully saturated rings. The largest absolute Gasteiger partial charge is 0.294 e. The average molecular weight is 200 g/mol. The Labute approximate surface area is 87.5 Å². The van der Waals surface area contributed by atoms with Crippen LogP contribution in [-0.2, 0) is 0 Å². The summed E-state index contributed by atoms with van der Waals surface area (Å²) >= 11 is 0. The Balaban J connectivity index is 2.27. The number of para-hydroxylation sites is 1. The minimum absolute atomic E-state index is 0.0782. The van der Waals surface area contributed by atoms with Gasteiger partial charge in [-0.2, -0.15) is 5.10 Å². The first-order valence-electron chi connectivity index (χ1n) is 5.25. The lowest BCUT2D eigenvalue weighted by atomic mass is 10.1. The molecule has 1 N–H and O–H groups in total. The molecular weight excluding hydrogens is 188 g/mol. The number of hydrogen-bond donors (Lipinski definition) is 1. The van der Waals surface area contributed by atoms with Gasteiger partial charge < -0.3 is 0 Å². The summed E-state index contributed by atoms with van der Waals surface area (Å²) in [5.41, 5.74) is 2.75. The van der Waals surface area contributed by atoms with Gasteiger partial charge in [0, 0.05) is 22.6 Å². The van der Waals surface area contributed by atoms with Crippen molar-refractivity contribution in [3.8, 4) is 0 Å². The zero-order valence-corrected chi connectivity index (χ0v) is 8.58. The number of H-pyrrole nitrogens is 1. The van der Waals surface area contributed by atoms with Crippen molar-refractivity contribution >= 4 is 16.7 Å². The molecule has 3 heteroatoms. The van der Waals surface area contributed by atoms with Gasteiger partial charge in [0.1, 0.15) is 5.52 Å². The highest BCUT2D eigenvalue weighted by atomic mass is 16.1. The van der Waals surface area contributed by atoms with Crippen molar-refractivity contribution in [2.75, 3.05) is 0 Å². The average Bonchev–Trinajstić information content (AvgIpc) is 2.97. The van der Waals surface area contributed by atoms with Crippen molar-refractivity contribution < 1.29 is 4.79 Å². The number of hydrogen-bond acceptors (Lipinski definition) is 2. The van der Waals surface area contributed by atoms with E-state index in [0.29, 0.717) is 5.92 Å². The van der Waals surface area contributed by atoms with E-state index >= 15 is 0 Å². The second kappa shape index (κ2) is 2.92. The topological polar surface area (TPSA) is 45.8 Å². The first-order valence-corrected chi connectivity index (χ1v) is 5.25. The van der Waals surface area contributed by atoms with Crippen molar-refractivity contribution in [3.05, 3.63) is 29.5 Å². The number of aromatic nitrogens is 2. The molecule has 76 valence electrons. The van der Waals surface area contributed by atoms with Crippen LogP contribution >= 0.6 is 0 Å². The quantitative estimate of drug-likeness (QED) is 0.757. The van der Waals surface area contributed by atoms with E-state index in [4.69, 9.17) is 0 Å². The summed E-state index contributed by atoms with van der Waals surface area (Å²) in [6, 6.07) is 5.81. The maximum atomic E-state index is 11.4. The van der Waals surface area contributed by atoms with E-state index in [1.165, 1.54) is 18.5 Å². The van der Waals surface area contributed by atoms with Gasteiger partial charge in [0.15, 0.2) is 5.78 Å². The summed E-state index contributed by atoms with van der Waals surface area (Å²) in [4.78, 5) is 11.4. The fourth-order valence-electron chi connectivity index (χ4n) is 2.02. The molecule has 0 saturated heterocycles. The maximum absolute atomic E-state index is 11.4. The molecular formula is C12H12N2O. The number of benzene rings is 1. The number of ketones is 1. The zero-order valence-electron chi connectivity index (χ0n) is 8.58. The molecule has 3 nitrogen and oxygen atoms in total. The van der Waals surface area contributed by atoms with Crippen LogP contribution in [0.25, 0.3) is 10.9 Å². The molecule has 15 heavy (non-hydrogen) atoms. The lowest BCUT2D eigenvalue weighted by molar-refractivity contribution is 0.101. The first-order chi connectivity index (χ1) is 7.27. The molecule has 0 aliphatic heterocycles. The van der Waals surface area contributed by atoms with Gasteiger partial charge >= 0.3 is 0 Å². The summed E-state index contributed by atoms with van der Waals surface area (Å²) in [5.74, 6) is 0.714. The van der Waals surface area contributed by atoms with Crippen LogP contribution in [0, 0.1) is 0 Å². The van der Waals surface area contributed by atoms with E-state index in [0.717, 1.165) is 16.5 Å². The molecule has 0 radical (unpaired) electrons. The Hall–Kier alpha value is -1.64. The van der Waals surface area contributed by atoms with E-state index in [2.05, 4.69) is 10.2 Å². The Bertz CT molecular complexity index is 538. The number of nitrogens with one attached hydrogen (secondary N) is 1. The fourth-order valence-corrected chi connectivity index (χ4v) is 2.02. The second-order valence-corrected chi connectivity index (χ2v) is 4.17. The molecule has 1 aliphatic carbocycles. The van der Waals surface area contributed by atoms with Gasteiger partial charge in [0.25, 0.3) is 0 Å². The second-order valence-electron chi connectivity index (χ2n) is 4.17. The zero-order chi connectivity index (χ0) is 10.4. The van der Waals surface area contributed by atoms with Crippen molar-refractivity contribution in [2.45, 2.75) is 25.7 Å². The molecule has 2 aromatic rings. The Kier molecular flexibility index (Phi) is 1.69. The third kappa shape index (κ3) is 1.27. The molecule has 0 amide bonds. The maximum Gasteiger partial charge on any atom is 0.162 e. The molecule has 1 aromatic heterocycles. The predicted octanol–water partition coefficient (Wildman–Crippen LogP) is 2.64. The summed E-state index contributed by atoms with van der Waals surface area (Å²) in [5, 5.41) is 8.44. The van der Waals surface area contributed by atoms with Crippen LogP contribution in [0.2, 0.25) is 0 Å². The fraction of sp³-hybridized carbons (Fsp3) is 0.333. The Morgan fingerprint density at radius 3 is 2.93 bits per heavy atom. The van der Waals surface area contributed by atoms with E-state index in [-0.39, 0.29) is 5.78 Å². The molecule has 1 aliphatic rings. The molecule has 0 spiro atoms. The lowest BCUT2D eigenvalue weighted by Gasteiger charge is -1.97. The van der Waals surface area contributed by atoms with Crippen molar-refractivity contribution in [1.82, 2.24) is 10.2 Å². The smallest absolute Gasteiger partial charge is 0.162 e. The molecule has 0 atom stereocenters. The third-order valence-corrected chi connectivity index (χ3v) is 2.98. The van der Waals surface area contributed by atoms with E-state index in [9.17, 15) is 4.79 Å². The molecule has 1 saturated carbocycles. The number of nitrogens with zero attached hydrogens (tertiary/aromatic N) is 1. The Morgan fingerprint density at radius 1 is 1.47 bits per heavy atom. The van der Waals surface area contributed by atoms with E-state index < -0.39 is 0 Å². The molecule has 3 rings (SSSR count). The molecule has 1 aromatic carbocycles. The summed E-state index contributed by atoms with van der Waals surface area (Å²) in [7, 11) is 0. The third-order valence-electron chi connectivity index (χ3n) is 2.98. The SMILES string of the molecule is CC(=O)c1cccc2c(C3CC3)[nH]nc12. The van der Waals surface area contributed by atoms with Crippen LogP contribution < -0.4 is 0 Å². The van der Waals surface area contributed by atoms with Gasteiger partial charge in [-0.05, 0) is 25.8 Å². The number of Topliss-reactive ketones (excluding diaryl/α,β-unsaturated/α-hetero) is 1. The van der Waals surface area contributed by atoms with Crippen molar-refractivity contribution in [2.24, 2.45) is 0 Å². The highest BCUT2D eigenvalue weighted by Gasteiger charge is 2.27. The summed E-state index contributed by atoms with van der Waals surface area (Å²) < 4.78 is 0. The van der Waals surface area contributed by atoms with Gasteiger partial charge in [-0.3, -0.25) is 9.89 Å². The van der Waals surface area contributed by atoms with Crippen LogP contribution in [0.1, 0.15) is 41.7 Å². The van der Waals surface area contributed by atoms with Gasteiger partial charge in [0.2, 0.25) is 0 Å². The predicted molar refractivity (Wildman–Crippen MR) is 58.1 cm³/mol. The highest BCUT2D eigenvalue weighted by Crippen LogP contribution is 2.42. The van der Waals surface area contributed by atoms with Crippen LogP contribution in [-0.4, -0.2) is 16.0 Å². The van der Waals surface area contributed by atoms with Crippen LogP contribution in [0.3, 0.4) is 0 Å². The van der Waals surface area contributed by atoms with Crippen molar-refractivity contribution in [3.63, 3.8) is 0 Å². The van der Waals surface area contributed by atoms with Gasteiger partial charge in [-0.15, -0.1) is 0 Å². The number of fused-ring (bicyclic) bond motifs is 1. The van der Waals surface area contributed by atoms with Crippen LogP contribution in [0.5, 0.6) is 0 Å². The molecule has 0 unspecified atom stereocenters. The minimum atomic E-state index is 0.0782. The van der Waals surface area contributed by atoms with Gasteiger partial charge in [0.05, 0.1) is 0 Å². The first kappa shape index (κ1) is 8.65. The number of carbonyl (C=O) groups is 1. The van der Waals surface area contributed by atoms with Gasteiger partial charge in [-0.1, -0.05) is 12.1 Å². The highest BCUT2D eigenvalue weighted by molar-refractivity contribution is 6.06. The lowest BCUT2D eigenvalue weighted by Crippen LogP contribution is -1.92. The minimum Gasteiger partial charge on any atom is -0.294 e.